The first-order chi connectivity index (χ1) is 2.81. The van der Waals surface area contributed by atoms with Crippen LogP contribution in [0.1, 0.15) is 0 Å². The molecule has 0 radical (unpaired) electrons. The van der Waals surface area contributed by atoms with Crippen molar-refractivity contribution in [3.8, 4) is 0 Å². The maximum absolute atomic E-state index is 8.11. The second-order valence-corrected chi connectivity index (χ2v) is 7.14. The molecule has 0 spiro atoms. The highest BCUT2D eigenvalue weighted by Crippen LogP contribution is 2.59. The van der Waals surface area contributed by atoms with E-state index in [9.17, 15) is 0 Å². The van der Waals surface area contributed by atoms with E-state index in [-0.39, 0.29) is 17.0 Å². The van der Waals surface area contributed by atoms with Crippen molar-refractivity contribution >= 4 is 24.4 Å². The molecule has 0 heterocycles. The topological polar surface area (TPSA) is 66.5 Å². The van der Waals surface area contributed by atoms with E-state index in [4.69, 9.17) is 15.3 Å². The molecule has 0 aromatic heterocycles. The fourth-order valence-electron chi connectivity index (χ4n) is 0.0224. The average Bonchev–Trinajstić information content (AvgIpc) is 1.65. The van der Waals surface area contributed by atoms with Crippen molar-refractivity contribution in [1.82, 2.24) is 0 Å². The van der Waals surface area contributed by atoms with Gasteiger partial charge in [0.05, 0.1) is 24.4 Å². The lowest BCUT2D eigenvalue weighted by Crippen LogP contribution is -1.70. The lowest BCUT2D eigenvalue weighted by molar-refractivity contribution is 0.655. The van der Waals surface area contributed by atoms with Crippen LogP contribution in [0.2, 0.25) is 0 Å². The smallest absolute Gasteiger partial charge is 0.0594 e. The highest BCUT2D eigenvalue weighted by molar-refractivity contribution is 8.48. The first kappa shape index (κ1) is 7.17. The Morgan fingerprint density at radius 3 is 1.67 bits per heavy atom. The molecule has 0 fully saturated rings. The van der Waals surface area contributed by atoms with Gasteiger partial charge in [0, 0.05) is 0 Å². The monoisotopic (exact) mass is 145 g/mol. The van der Waals surface area contributed by atoms with Gasteiger partial charge in [-0.15, -0.1) is 0 Å². The maximum atomic E-state index is 8.11. The third-order valence-corrected chi connectivity index (χ3v) is 3.74. The standard InChI is InChI=1S/H6NO2P3/c1-6(4-2)5-3/h2-5H,1H2. The van der Waals surface area contributed by atoms with E-state index in [0.29, 0.717) is 0 Å². The Morgan fingerprint density at radius 2 is 1.67 bits per heavy atom. The number of nitrogens with two attached hydrogens (primary N) is 1. The molecule has 0 rings (SSSR count). The second-order valence-electron chi connectivity index (χ2n) is 0.570. The number of hydrogen-bond donors (Lipinski definition) is 3. The van der Waals surface area contributed by atoms with Crippen molar-refractivity contribution in [1.29, 1.82) is 0 Å². The summed E-state index contributed by atoms with van der Waals surface area (Å²) in [5, 5.41) is 0. The Kier molecular flexibility index (Phi) is 5.18. The average molecular weight is 145 g/mol. The third-order valence-electron chi connectivity index (χ3n) is 0.215. The first-order valence-corrected chi connectivity index (χ1v) is 6.14. The van der Waals surface area contributed by atoms with Gasteiger partial charge in [0.1, 0.15) is 0 Å². The molecule has 0 aromatic carbocycles. The molecule has 0 aromatic rings. The predicted molar refractivity (Wildman–Crippen MR) is 32.2 cm³/mol. The van der Waals surface area contributed by atoms with Crippen molar-refractivity contribution in [2.75, 3.05) is 0 Å². The second kappa shape index (κ2) is 4.33. The summed E-state index contributed by atoms with van der Waals surface area (Å²) in [5.41, 5.74) is 5.06. The van der Waals surface area contributed by atoms with E-state index in [1.165, 1.54) is 0 Å². The summed E-state index contributed by atoms with van der Waals surface area (Å²) in [6.45, 7) is 0. The van der Waals surface area contributed by atoms with Gasteiger partial charge in [0.25, 0.3) is 0 Å². The molecule has 3 nitrogen and oxygen atoms in total. The zero-order valence-electron chi connectivity index (χ0n) is 2.92. The molecular weight excluding hydrogens is 139 g/mol. The van der Waals surface area contributed by atoms with Crippen molar-refractivity contribution in [2.45, 2.75) is 0 Å². The lowest BCUT2D eigenvalue weighted by atomic mass is 13.9. The summed E-state index contributed by atoms with van der Waals surface area (Å²) in [4.78, 5) is 16.2. The Labute approximate surface area is 40.7 Å². The van der Waals surface area contributed by atoms with Crippen molar-refractivity contribution in [3.63, 3.8) is 0 Å². The Balaban J connectivity index is 2.75. The molecule has 0 amide bonds. The van der Waals surface area contributed by atoms with Crippen LogP contribution in [-0.4, -0.2) is 9.79 Å². The van der Waals surface area contributed by atoms with Gasteiger partial charge in [-0.1, -0.05) is 0 Å². The van der Waals surface area contributed by atoms with Gasteiger partial charge in [-0.2, -0.15) is 0 Å². The molecule has 0 aliphatic rings. The Hall–Kier alpha value is 1.17. The van der Waals surface area contributed by atoms with Crippen molar-refractivity contribution in [2.24, 2.45) is 5.50 Å². The van der Waals surface area contributed by atoms with E-state index in [1.807, 2.05) is 0 Å². The third kappa shape index (κ3) is 3.36. The first-order valence-electron chi connectivity index (χ1n) is 1.15. The molecular formula is H6NO2P3. The largest absolute Gasteiger partial charge is 0.371 e. The van der Waals surface area contributed by atoms with Crippen LogP contribution in [0.3, 0.4) is 0 Å². The predicted octanol–water partition coefficient (Wildman–Crippen LogP) is 0.344. The van der Waals surface area contributed by atoms with E-state index in [2.05, 4.69) is 0 Å². The van der Waals surface area contributed by atoms with Gasteiger partial charge in [-0.3, -0.25) is 5.50 Å². The van der Waals surface area contributed by atoms with Crippen molar-refractivity contribution in [3.05, 3.63) is 0 Å². The van der Waals surface area contributed by atoms with Gasteiger partial charge in [0.2, 0.25) is 0 Å². The van der Waals surface area contributed by atoms with Crippen LogP contribution in [-0.2, 0) is 0 Å². The molecule has 0 aliphatic carbocycles. The molecule has 0 aliphatic heterocycles. The normalized spacial score (nSPS) is 18.5. The molecule has 0 saturated heterocycles. The number of rotatable bonds is 2. The van der Waals surface area contributed by atoms with Gasteiger partial charge in [0.15, 0.2) is 0 Å². The summed E-state index contributed by atoms with van der Waals surface area (Å²) < 4.78 is 0. The Bertz CT molecular complexity index is 28.0. The zero-order chi connectivity index (χ0) is 4.99. The van der Waals surface area contributed by atoms with E-state index >= 15 is 0 Å². The molecule has 6 heavy (non-hydrogen) atoms. The molecule has 0 bridgehead atoms. The molecule has 2 unspecified atom stereocenters. The number of hydrogen-bond acceptors (Lipinski definition) is 3. The summed E-state index contributed by atoms with van der Waals surface area (Å²) in [6, 6.07) is 0. The highest BCUT2D eigenvalue weighted by Gasteiger charge is 1.92. The van der Waals surface area contributed by atoms with E-state index in [1.54, 1.807) is 0 Å². The highest BCUT2D eigenvalue weighted by atomic mass is 32.4. The maximum Gasteiger partial charge on any atom is 0.0594 e. The summed E-state index contributed by atoms with van der Waals surface area (Å²) in [7, 11) is -1.44. The SMILES string of the molecule is NP(PO)PO. The van der Waals surface area contributed by atoms with Gasteiger partial charge in [-0.05, 0) is 0 Å². The van der Waals surface area contributed by atoms with Crippen LogP contribution in [0.4, 0.5) is 0 Å². The molecule has 38 valence electrons. The van der Waals surface area contributed by atoms with E-state index < -0.39 is 7.45 Å². The summed E-state index contributed by atoms with van der Waals surface area (Å²) >= 11 is 0. The van der Waals surface area contributed by atoms with Crippen LogP contribution in [0.25, 0.3) is 0 Å². The summed E-state index contributed by atoms with van der Waals surface area (Å²) in [6.07, 6.45) is 0. The summed E-state index contributed by atoms with van der Waals surface area (Å²) in [5.74, 6) is 0. The minimum absolute atomic E-state index is 0.264. The molecule has 6 heteroatoms. The van der Waals surface area contributed by atoms with Crippen LogP contribution in [0.15, 0.2) is 0 Å². The fraction of sp³-hybridized carbons (Fsp3) is 0. The molecule has 0 saturated carbocycles. The quantitative estimate of drug-likeness (QED) is 0.491. The van der Waals surface area contributed by atoms with Gasteiger partial charge >= 0.3 is 0 Å². The van der Waals surface area contributed by atoms with Crippen molar-refractivity contribution < 1.29 is 9.79 Å². The fourth-order valence-corrected chi connectivity index (χ4v) is 0.604. The lowest BCUT2D eigenvalue weighted by Gasteiger charge is -1.97. The van der Waals surface area contributed by atoms with Gasteiger partial charge < -0.3 is 9.79 Å². The van der Waals surface area contributed by atoms with E-state index in [0.717, 1.165) is 0 Å². The van der Waals surface area contributed by atoms with Crippen LogP contribution >= 0.6 is 24.4 Å². The van der Waals surface area contributed by atoms with Crippen LogP contribution < -0.4 is 5.50 Å². The van der Waals surface area contributed by atoms with Crippen LogP contribution in [0.5, 0.6) is 0 Å². The minimum Gasteiger partial charge on any atom is -0.371 e. The molecule has 4 N–H and O–H groups in total. The Morgan fingerprint density at radius 1 is 1.33 bits per heavy atom. The zero-order valence-corrected chi connectivity index (χ0v) is 5.81. The molecule has 2 atom stereocenters. The minimum atomic E-state index is -0.909. The van der Waals surface area contributed by atoms with Gasteiger partial charge in [-0.25, -0.2) is 0 Å². The van der Waals surface area contributed by atoms with Crippen LogP contribution in [0, 0.1) is 0 Å².